The Kier molecular flexibility index (Phi) is 5.90. The quantitative estimate of drug-likeness (QED) is 0.390. The normalized spacial score (nSPS) is 11.1. The van der Waals surface area contributed by atoms with Crippen molar-refractivity contribution in [2.24, 2.45) is 0 Å². The van der Waals surface area contributed by atoms with Gasteiger partial charge < -0.3 is 4.90 Å². The maximum Gasteiger partial charge on any atom is 0.180 e. The number of hydrogen-bond donors (Lipinski definition) is 1. The first kappa shape index (κ1) is 21.6. The second-order valence-electron chi connectivity index (χ2n) is 8.23. The van der Waals surface area contributed by atoms with Gasteiger partial charge in [0, 0.05) is 24.3 Å². The molecule has 0 amide bonds. The minimum atomic E-state index is 0.640. The number of rotatable bonds is 7. The van der Waals surface area contributed by atoms with Crippen molar-refractivity contribution in [3.8, 4) is 22.5 Å². The predicted molar refractivity (Wildman–Crippen MR) is 131 cm³/mol. The van der Waals surface area contributed by atoms with E-state index < -0.39 is 0 Å². The standard InChI is InChI=1S/C25H25N9/c1-4-13-34(25-23-22(14-16(2)26-25)29-28-17(3)27-23)15-18-9-11-19(12-10-18)20-7-5-6-8-21(20)24-30-32-33-31-24/h5-12,14H,4,13,15H2,1-3H3,(H,30,31,32,33). The predicted octanol–water partition coefficient (Wildman–Crippen LogP) is 4.30. The number of fused-ring (bicyclic) bond motifs is 1. The Morgan fingerprint density at radius 3 is 2.41 bits per heavy atom. The molecule has 3 aromatic heterocycles. The zero-order valence-corrected chi connectivity index (χ0v) is 19.4. The maximum absolute atomic E-state index is 4.84. The number of benzene rings is 2. The molecule has 0 radical (unpaired) electrons. The number of nitrogens with one attached hydrogen (secondary N) is 1. The third-order valence-electron chi connectivity index (χ3n) is 5.62. The molecule has 0 atom stereocenters. The van der Waals surface area contributed by atoms with Crippen molar-refractivity contribution in [1.29, 1.82) is 0 Å². The number of anilines is 1. The molecule has 0 bridgehead atoms. The SMILES string of the molecule is CCCN(Cc1ccc(-c2ccccc2-c2nnn[nH]2)cc1)c1nc(C)cc2nnc(C)nc12. The number of nitrogens with zero attached hydrogens (tertiary/aromatic N) is 8. The lowest BCUT2D eigenvalue weighted by Gasteiger charge is -2.24. The maximum atomic E-state index is 4.84. The third kappa shape index (κ3) is 4.32. The number of aromatic nitrogens is 8. The Morgan fingerprint density at radius 2 is 1.68 bits per heavy atom. The summed E-state index contributed by atoms with van der Waals surface area (Å²) in [4.78, 5) is 11.8. The second-order valence-corrected chi connectivity index (χ2v) is 8.23. The molecule has 34 heavy (non-hydrogen) atoms. The van der Waals surface area contributed by atoms with Crippen molar-refractivity contribution >= 4 is 16.9 Å². The first-order valence-corrected chi connectivity index (χ1v) is 11.3. The van der Waals surface area contributed by atoms with Crippen LogP contribution in [0.3, 0.4) is 0 Å². The van der Waals surface area contributed by atoms with Crippen LogP contribution in [0.2, 0.25) is 0 Å². The molecule has 0 fully saturated rings. The van der Waals surface area contributed by atoms with Crippen LogP contribution >= 0.6 is 0 Å². The summed E-state index contributed by atoms with van der Waals surface area (Å²) in [5.41, 5.74) is 6.78. The molecule has 5 rings (SSSR count). The topological polar surface area (TPSA) is 109 Å². The van der Waals surface area contributed by atoms with E-state index >= 15 is 0 Å². The fourth-order valence-electron chi connectivity index (χ4n) is 4.10. The first-order valence-electron chi connectivity index (χ1n) is 11.3. The molecule has 5 aromatic rings. The summed E-state index contributed by atoms with van der Waals surface area (Å²) in [5.74, 6) is 2.14. The summed E-state index contributed by atoms with van der Waals surface area (Å²) in [6, 6.07) is 18.6. The van der Waals surface area contributed by atoms with E-state index in [9.17, 15) is 0 Å². The van der Waals surface area contributed by atoms with Crippen LogP contribution in [0.5, 0.6) is 0 Å². The van der Waals surface area contributed by atoms with Gasteiger partial charge in [0.15, 0.2) is 11.6 Å². The van der Waals surface area contributed by atoms with Gasteiger partial charge in [0.25, 0.3) is 0 Å². The Bertz CT molecular complexity index is 1410. The van der Waals surface area contributed by atoms with E-state index in [0.717, 1.165) is 58.7 Å². The highest BCUT2D eigenvalue weighted by molar-refractivity contribution is 5.86. The molecule has 3 heterocycles. The number of pyridine rings is 1. The van der Waals surface area contributed by atoms with Crippen LogP contribution in [-0.4, -0.2) is 47.3 Å². The molecule has 0 unspecified atom stereocenters. The summed E-state index contributed by atoms with van der Waals surface area (Å²) in [6.45, 7) is 7.58. The lowest BCUT2D eigenvalue weighted by molar-refractivity contribution is 0.754. The van der Waals surface area contributed by atoms with Crippen LogP contribution in [0.15, 0.2) is 54.6 Å². The lowest BCUT2D eigenvalue weighted by atomic mass is 9.98. The third-order valence-corrected chi connectivity index (χ3v) is 5.62. The molecule has 0 aliphatic rings. The summed E-state index contributed by atoms with van der Waals surface area (Å²) in [7, 11) is 0. The van der Waals surface area contributed by atoms with Crippen molar-refractivity contribution in [2.75, 3.05) is 11.4 Å². The van der Waals surface area contributed by atoms with Gasteiger partial charge in [-0.3, -0.25) is 0 Å². The second kappa shape index (κ2) is 9.30. The highest BCUT2D eigenvalue weighted by Gasteiger charge is 2.16. The first-order chi connectivity index (χ1) is 16.6. The average molecular weight is 452 g/mol. The van der Waals surface area contributed by atoms with Crippen LogP contribution in [-0.2, 0) is 6.54 Å². The van der Waals surface area contributed by atoms with Crippen LogP contribution in [0, 0.1) is 13.8 Å². The van der Waals surface area contributed by atoms with Crippen molar-refractivity contribution < 1.29 is 0 Å². The average Bonchev–Trinajstić information content (AvgIpc) is 3.39. The highest BCUT2D eigenvalue weighted by Crippen LogP contribution is 2.30. The van der Waals surface area contributed by atoms with Crippen molar-refractivity contribution in [3.05, 3.63) is 71.7 Å². The highest BCUT2D eigenvalue weighted by atomic mass is 15.5. The zero-order chi connectivity index (χ0) is 23.5. The zero-order valence-electron chi connectivity index (χ0n) is 19.4. The van der Waals surface area contributed by atoms with E-state index in [0.29, 0.717) is 11.6 Å². The smallest absolute Gasteiger partial charge is 0.180 e. The summed E-state index contributed by atoms with van der Waals surface area (Å²) in [5, 5.41) is 22.8. The molecule has 2 aromatic carbocycles. The van der Waals surface area contributed by atoms with E-state index in [-0.39, 0.29) is 0 Å². The Morgan fingerprint density at radius 1 is 0.882 bits per heavy atom. The minimum absolute atomic E-state index is 0.640. The van der Waals surface area contributed by atoms with Gasteiger partial charge in [-0.25, -0.2) is 15.1 Å². The van der Waals surface area contributed by atoms with Gasteiger partial charge in [0.1, 0.15) is 16.9 Å². The number of tetrazole rings is 1. The summed E-state index contributed by atoms with van der Waals surface area (Å²) < 4.78 is 0. The molecular formula is C25H25N9. The van der Waals surface area contributed by atoms with Gasteiger partial charge in [0.2, 0.25) is 0 Å². The molecule has 9 heteroatoms. The molecule has 0 spiro atoms. The van der Waals surface area contributed by atoms with E-state index in [2.05, 4.69) is 78.0 Å². The number of aryl methyl sites for hydroxylation is 2. The van der Waals surface area contributed by atoms with Gasteiger partial charge in [-0.05, 0) is 53.5 Å². The van der Waals surface area contributed by atoms with E-state index in [1.165, 1.54) is 5.56 Å². The summed E-state index contributed by atoms with van der Waals surface area (Å²) >= 11 is 0. The molecule has 0 saturated heterocycles. The minimum Gasteiger partial charge on any atom is -0.350 e. The van der Waals surface area contributed by atoms with Crippen LogP contribution < -0.4 is 4.90 Å². The van der Waals surface area contributed by atoms with Crippen LogP contribution in [0.25, 0.3) is 33.5 Å². The van der Waals surface area contributed by atoms with E-state index in [1.54, 1.807) is 0 Å². The van der Waals surface area contributed by atoms with E-state index in [1.807, 2.05) is 38.1 Å². The molecule has 0 aliphatic carbocycles. The van der Waals surface area contributed by atoms with Crippen LogP contribution in [0.4, 0.5) is 5.82 Å². The van der Waals surface area contributed by atoms with Gasteiger partial charge in [-0.1, -0.05) is 55.5 Å². The molecule has 9 nitrogen and oxygen atoms in total. The Hall–Kier alpha value is -4.27. The lowest BCUT2D eigenvalue weighted by Crippen LogP contribution is -2.25. The Balaban J connectivity index is 1.47. The number of aromatic amines is 1. The fraction of sp³-hybridized carbons (Fsp3) is 0.240. The largest absolute Gasteiger partial charge is 0.350 e. The molecular weight excluding hydrogens is 426 g/mol. The fourth-order valence-corrected chi connectivity index (χ4v) is 4.10. The number of hydrogen-bond acceptors (Lipinski definition) is 8. The van der Waals surface area contributed by atoms with Crippen molar-refractivity contribution in [1.82, 2.24) is 40.8 Å². The van der Waals surface area contributed by atoms with Crippen LogP contribution in [0.1, 0.15) is 30.4 Å². The van der Waals surface area contributed by atoms with Gasteiger partial charge in [-0.2, -0.15) is 0 Å². The molecule has 0 aliphatic heterocycles. The summed E-state index contributed by atoms with van der Waals surface area (Å²) in [6.07, 6.45) is 0.991. The van der Waals surface area contributed by atoms with Crippen molar-refractivity contribution in [3.63, 3.8) is 0 Å². The van der Waals surface area contributed by atoms with Gasteiger partial charge >= 0.3 is 0 Å². The Labute approximate surface area is 197 Å². The van der Waals surface area contributed by atoms with Gasteiger partial charge in [0.05, 0.1) is 0 Å². The number of H-pyrrole nitrogens is 1. The monoisotopic (exact) mass is 451 g/mol. The van der Waals surface area contributed by atoms with Gasteiger partial charge in [-0.15, -0.1) is 15.3 Å². The molecule has 0 saturated carbocycles. The van der Waals surface area contributed by atoms with Crippen molar-refractivity contribution in [2.45, 2.75) is 33.7 Å². The molecule has 1 N–H and O–H groups in total. The molecule has 170 valence electrons. The van der Waals surface area contributed by atoms with E-state index in [4.69, 9.17) is 4.98 Å².